The number of ether oxygens (including phenoxy) is 2. The molecule has 142 valence electrons. The van der Waals surface area contributed by atoms with E-state index in [1.54, 1.807) is 49.6 Å². The SMILES string of the molecule is CCCOc1ccc(-c2nccn2S(=O)(=O)c2ccc(C)cc2)cc1OC. The number of hydrogen-bond donors (Lipinski definition) is 0. The van der Waals surface area contributed by atoms with E-state index in [1.165, 1.54) is 16.4 Å². The number of methoxy groups -OCH3 is 1. The van der Waals surface area contributed by atoms with Crippen molar-refractivity contribution in [3.63, 3.8) is 0 Å². The molecule has 0 N–H and O–H groups in total. The second-order valence-electron chi connectivity index (χ2n) is 6.08. The summed E-state index contributed by atoms with van der Waals surface area (Å²) in [6, 6.07) is 12.0. The van der Waals surface area contributed by atoms with Gasteiger partial charge in [-0.15, -0.1) is 0 Å². The van der Waals surface area contributed by atoms with Gasteiger partial charge in [0.2, 0.25) is 0 Å². The molecule has 6 nitrogen and oxygen atoms in total. The van der Waals surface area contributed by atoms with E-state index in [0.717, 1.165) is 12.0 Å². The quantitative estimate of drug-likeness (QED) is 0.616. The number of aryl methyl sites for hydroxylation is 1. The largest absolute Gasteiger partial charge is 0.493 e. The van der Waals surface area contributed by atoms with Crippen LogP contribution in [-0.4, -0.2) is 31.1 Å². The second kappa shape index (κ2) is 7.84. The van der Waals surface area contributed by atoms with Crippen LogP contribution in [0.5, 0.6) is 11.5 Å². The van der Waals surface area contributed by atoms with Crippen LogP contribution in [0.25, 0.3) is 11.4 Å². The number of benzene rings is 2. The molecule has 3 aromatic rings. The number of hydrogen-bond acceptors (Lipinski definition) is 5. The van der Waals surface area contributed by atoms with E-state index in [2.05, 4.69) is 4.98 Å². The maximum Gasteiger partial charge on any atom is 0.269 e. The fourth-order valence-corrected chi connectivity index (χ4v) is 3.95. The molecular formula is C20H22N2O4S. The maximum atomic E-state index is 13.0. The number of nitrogens with zero attached hydrogens (tertiary/aromatic N) is 2. The zero-order valence-corrected chi connectivity index (χ0v) is 16.4. The minimum Gasteiger partial charge on any atom is -0.493 e. The van der Waals surface area contributed by atoms with Crippen molar-refractivity contribution in [3.8, 4) is 22.9 Å². The Kier molecular flexibility index (Phi) is 5.51. The lowest BCUT2D eigenvalue weighted by molar-refractivity contribution is 0.294. The molecule has 1 aromatic heterocycles. The van der Waals surface area contributed by atoms with Crippen molar-refractivity contribution in [1.82, 2.24) is 8.96 Å². The smallest absolute Gasteiger partial charge is 0.269 e. The molecule has 27 heavy (non-hydrogen) atoms. The van der Waals surface area contributed by atoms with Crippen molar-refractivity contribution in [2.45, 2.75) is 25.2 Å². The van der Waals surface area contributed by atoms with Crippen LogP contribution in [0.15, 0.2) is 59.8 Å². The van der Waals surface area contributed by atoms with Gasteiger partial charge in [0, 0.05) is 18.0 Å². The highest BCUT2D eigenvalue weighted by Gasteiger charge is 2.21. The summed E-state index contributed by atoms with van der Waals surface area (Å²) in [5.41, 5.74) is 1.61. The fourth-order valence-electron chi connectivity index (χ4n) is 2.65. The first kappa shape index (κ1) is 19.0. The van der Waals surface area contributed by atoms with Crippen molar-refractivity contribution in [2.75, 3.05) is 13.7 Å². The lowest BCUT2D eigenvalue weighted by Gasteiger charge is -2.13. The van der Waals surface area contributed by atoms with Gasteiger partial charge in [0.15, 0.2) is 17.3 Å². The highest BCUT2D eigenvalue weighted by atomic mass is 32.2. The molecule has 3 rings (SSSR count). The third-order valence-electron chi connectivity index (χ3n) is 4.07. The molecule has 0 unspecified atom stereocenters. The summed E-state index contributed by atoms with van der Waals surface area (Å²) < 4.78 is 38.3. The summed E-state index contributed by atoms with van der Waals surface area (Å²) in [6.07, 6.45) is 3.79. The normalized spacial score (nSPS) is 11.4. The van der Waals surface area contributed by atoms with Crippen LogP contribution < -0.4 is 9.47 Å². The summed E-state index contributed by atoms with van der Waals surface area (Å²) in [4.78, 5) is 4.46. The average molecular weight is 386 g/mol. The van der Waals surface area contributed by atoms with E-state index in [1.807, 2.05) is 13.8 Å². The number of imidazole rings is 1. The standard InChI is InChI=1S/C20H22N2O4S/c1-4-13-26-18-10-7-16(14-19(18)25-3)20-21-11-12-22(20)27(23,24)17-8-5-15(2)6-9-17/h5-12,14H,4,13H2,1-3H3. The van der Waals surface area contributed by atoms with Gasteiger partial charge in [-0.3, -0.25) is 0 Å². The monoisotopic (exact) mass is 386 g/mol. The molecule has 0 radical (unpaired) electrons. The first-order valence-corrected chi connectivity index (χ1v) is 10.1. The zero-order valence-electron chi connectivity index (χ0n) is 15.5. The molecular weight excluding hydrogens is 364 g/mol. The Balaban J connectivity index is 2.03. The predicted octanol–water partition coefficient (Wildman–Crippen LogP) is 3.89. The molecule has 0 aliphatic heterocycles. The summed E-state index contributed by atoms with van der Waals surface area (Å²) in [7, 11) is -2.20. The minimum atomic E-state index is -3.75. The first-order chi connectivity index (χ1) is 13.0. The van der Waals surface area contributed by atoms with Gasteiger partial charge in [-0.2, -0.15) is 0 Å². The summed E-state index contributed by atoms with van der Waals surface area (Å²) in [5, 5.41) is 0. The molecule has 0 saturated heterocycles. The average Bonchev–Trinajstić information content (AvgIpc) is 3.17. The lowest BCUT2D eigenvalue weighted by atomic mass is 10.2. The lowest BCUT2D eigenvalue weighted by Crippen LogP contribution is -2.13. The van der Waals surface area contributed by atoms with E-state index in [-0.39, 0.29) is 4.90 Å². The Labute approximate surface area is 159 Å². The molecule has 0 fully saturated rings. The van der Waals surface area contributed by atoms with Crippen molar-refractivity contribution in [2.24, 2.45) is 0 Å². The van der Waals surface area contributed by atoms with Gasteiger partial charge >= 0.3 is 0 Å². The third kappa shape index (κ3) is 3.83. The van der Waals surface area contributed by atoms with E-state index >= 15 is 0 Å². The molecule has 0 amide bonds. The topological polar surface area (TPSA) is 70.4 Å². The molecule has 0 aliphatic carbocycles. The van der Waals surface area contributed by atoms with Crippen molar-refractivity contribution in [1.29, 1.82) is 0 Å². The molecule has 0 spiro atoms. The summed E-state index contributed by atoms with van der Waals surface area (Å²) in [5.74, 6) is 1.46. The van der Waals surface area contributed by atoms with Crippen LogP contribution in [0.1, 0.15) is 18.9 Å². The fraction of sp³-hybridized carbons (Fsp3) is 0.250. The van der Waals surface area contributed by atoms with E-state index in [9.17, 15) is 8.42 Å². The number of aromatic nitrogens is 2. The zero-order chi connectivity index (χ0) is 19.4. The molecule has 0 aliphatic rings. The van der Waals surface area contributed by atoms with Crippen molar-refractivity contribution >= 4 is 10.0 Å². The first-order valence-electron chi connectivity index (χ1n) is 8.64. The summed E-state index contributed by atoms with van der Waals surface area (Å²) in [6.45, 7) is 4.51. The van der Waals surface area contributed by atoms with Crippen LogP contribution in [0.4, 0.5) is 0 Å². The molecule has 1 heterocycles. The van der Waals surface area contributed by atoms with Gasteiger partial charge in [0.05, 0.1) is 18.6 Å². The van der Waals surface area contributed by atoms with Gasteiger partial charge in [-0.1, -0.05) is 24.6 Å². The van der Waals surface area contributed by atoms with Gasteiger partial charge in [-0.05, 0) is 43.7 Å². The van der Waals surface area contributed by atoms with E-state index < -0.39 is 10.0 Å². The van der Waals surface area contributed by atoms with E-state index in [4.69, 9.17) is 9.47 Å². The van der Waals surface area contributed by atoms with Crippen molar-refractivity contribution in [3.05, 3.63) is 60.4 Å². The highest BCUT2D eigenvalue weighted by Crippen LogP contribution is 2.33. The van der Waals surface area contributed by atoms with Crippen LogP contribution in [0, 0.1) is 6.92 Å². The predicted molar refractivity (Wildman–Crippen MR) is 104 cm³/mol. The van der Waals surface area contributed by atoms with Crippen LogP contribution in [0.3, 0.4) is 0 Å². The van der Waals surface area contributed by atoms with Gasteiger partial charge in [0.1, 0.15) is 0 Å². The molecule has 0 saturated carbocycles. The third-order valence-corrected chi connectivity index (χ3v) is 5.75. The van der Waals surface area contributed by atoms with Gasteiger partial charge in [0.25, 0.3) is 10.0 Å². The van der Waals surface area contributed by atoms with Crippen molar-refractivity contribution < 1.29 is 17.9 Å². The molecule has 0 bridgehead atoms. The molecule has 0 atom stereocenters. The van der Waals surface area contributed by atoms with Gasteiger partial charge < -0.3 is 9.47 Å². The Morgan fingerprint density at radius 3 is 2.48 bits per heavy atom. The van der Waals surface area contributed by atoms with Crippen LogP contribution in [0.2, 0.25) is 0 Å². The summed E-state index contributed by atoms with van der Waals surface area (Å²) >= 11 is 0. The van der Waals surface area contributed by atoms with Gasteiger partial charge in [-0.25, -0.2) is 17.4 Å². The van der Waals surface area contributed by atoms with Crippen LogP contribution >= 0.6 is 0 Å². The minimum absolute atomic E-state index is 0.210. The maximum absolute atomic E-state index is 13.0. The molecule has 2 aromatic carbocycles. The van der Waals surface area contributed by atoms with Crippen LogP contribution in [-0.2, 0) is 10.0 Å². The Morgan fingerprint density at radius 2 is 1.81 bits per heavy atom. The Hall–Kier alpha value is -2.80. The Morgan fingerprint density at radius 1 is 1.07 bits per heavy atom. The highest BCUT2D eigenvalue weighted by molar-refractivity contribution is 7.90. The van der Waals surface area contributed by atoms with E-state index in [0.29, 0.717) is 29.5 Å². The Bertz CT molecular complexity index is 1020. The molecule has 7 heteroatoms. The number of rotatable bonds is 7. The second-order valence-corrected chi connectivity index (χ2v) is 7.89.